The number of hydrogen-bond donors (Lipinski definition) is 1. The van der Waals surface area contributed by atoms with Gasteiger partial charge in [-0.3, -0.25) is 14.4 Å². The summed E-state index contributed by atoms with van der Waals surface area (Å²) in [6, 6.07) is 26.8. The van der Waals surface area contributed by atoms with Crippen LogP contribution in [-0.4, -0.2) is 29.6 Å². The standard InChI is InChI=1S/C32H24N2O3S/c1-19-18-26-32(22-13-6-7-14-23(22)33-31(32)37)27(29(35)20-10-3-2-4-11-20)28(30(36)25-16-9-17-38-25)34(26)24-15-8-5-12-21(19)24/h2-18,26-28H,1H3,(H,33,37)/t26-,27+,28-,32-/m0/s1. The number of Topliss-reactive ketones (excluding diaryl/α,β-unsaturated/α-hetero) is 2. The average Bonchev–Trinajstić information content (AvgIpc) is 3.66. The summed E-state index contributed by atoms with van der Waals surface area (Å²) in [5, 5.41) is 4.95. The molecule has 1 spiro atoms. The van der Waals surface area contributed by atoms with Crippen molar-refractivity contribution in [3.63, 3.8) is 0 Å². The highest BCUT2D eigenvalue weighted by atomic mass is 32.1. The number of carbonyl (C=O) groups is 3. The van der Waals surface area contributed by atoms with E-state index in [0.717, 1.165) is 22.4 Å². The van der Waals surface area contributed by atoms with Crippen LogP contribution < -0.4 is 10.2 Å². The molecule has 7 rings (SSSR count). The fourth-order valence-electron chi connectivity index (χ4n) is 6.73. The molecule has 3 aliphatic rings. The molecule has 1 amide bonds. The zero-order valence-electron chi connectivity index (χ0n) is 20.6. The number of nitrogens with one attached hydrogen (secondary N) is 1. The molecule has 1 saturated heterocycles. The van der Waals surface area contributed by atoms with Crippen LogP contribution in [0.5, 0.6) is 0 Å². The number of benzene rings is 3. The first-order chi connectivity index (χ1) is 18.5. The van der Waals surface area contributed by atoms with Gasteiger partial charge >= 0.3 is 0 Å². The van der Waals surface area contributed by atoms with E-state index in [4.69, 9.17) is 0 Å². The quantitative estimate of drug-likeness (QED) is 0.338. The lowest BCUT2D eigenvalue weighted by Gasteiger charge is -2.39. The molecule has 0 radical (unpaired) electrons. The van der Waals surface area contributed by atoms with Crippen molar-refractivity contribution in [3.8, 4) is 0 Å². The number of rotatable bonds is 4. The molecule has 4 heterocycles. The zero-order valence-corrected chi connectivity index (χ0v) is 21.4. The van der Waals surface area contributed by atoms with Crippen molar-refractivity contribution < 1.29 is 14.4 Å². The van der Waals surface area contributed by atoms with E-state index in [1.54, 1.807) is 18.2 Å². The van der Waals surface area contributed by atoms with Crippen molar-refractivity contribution in [2.24, 2.45) is 5.92 Å². The molecule has 1 fully saturated rings. The zero-order chi connectivity index (χ0) is 26.0. The molecule has 0 saturated carbocycles. The molecule has 1 aromatic heterocycles. The second-order valence-corrected chi connectivity index (χ2v) is 11.0. The predicted molar refractivity (Wildman–Crippen MR) is 150 cm³/mol. The number of allylic oxidation sites excluding steroid dienone is 1. The summed E-state index contributed by atoms with van der Waals surface area (Å²) in [5.41, 5.74) is 3.56. The Bertz CT molecular complexity index is 1640. The highest BCUT2D eigenvalue weighted by molar-refractivity contribution is 7.12. The summed E-state index contributed by atoms with van der Waals surface area (Å²) in [4.78, 5) is 46.0. The van der Waals surface area contributed by atoms with E-state index in [1.165, 1.54) is 11.3 Å². The SMILES string of the molecule is CC1=C[C@@H]2N(c3ccccc31)[C@H](C(=O)c1cccs1)[C@H](C(=O)c1ccccc1)[C@@]21C(=O)Nc2ccccc21. The Labute approximate surface area is 224 Å². The first-order valence-corrected chi connectivity index (χ1v) is 13.6. The molecule has 3 aromatic carbocycles. The molecule has 3 aliphatic heterocycles. The normalized spacial score (nSPS) is 24.9. The molecule has 6 heteroatoms. The van der Waals surface area contributed by atoms with E-state index in [9.17, 15) is 14.4 Å². The summed E-state index contributed by atoms with van der Waals surface area (Å²) < 4.78 is 0. The number of nitrogens with zero attached hydrogens (tertiary/aromatic N) is 1. The van der Waals surface area contributed by atoms with Crippen LogP contribution in [0, 0.1) is 5.92 Å². The van der Waals surface area contributed by atoms with E-state index in [0.29, 0.717) is 16.1 Å². The minimum Gasteiger partial charge on any atom is -0.352 e. The summed E-state index contributed by atoms with van der Waals surface area (Å²) >= 11 is 1.36. The van der Waals surface area contributed by atoms with E-state index < -0.39 is 23.4 Å². The minimum absolute atomic E-state index is 0.143. The Morgan fingerprint density at radius 3 is 2.39 bits per heavy atom. The van der Waals surface area contributed by atoms with Gasteiger partial charge in [0.25, 0.3) is 0 Å². The van der Waals surface area contributed by atoms with Crippen LogP contribution in [0.3, 0.4) is 0 Å². The van der Waals surface area contributed by atoms with Gasteiger partial charge in [-0.25, -0.2) is 0 Å². The Kier molecular flexibility index (Phi) is 5.03. The van der Waals surface area contributed by atoms with Crippen LogP contribution in [0.1, 0.15) is 38.1 Å². The smallest absolute Gasteiger partial charge is 0.238 e. The third-order valence-electron chi connectivity index (χ3n) is 8.26. The maximum atomic E-state index is 14.6. The lowest BCUT2D eigenvalue weighted by atomic mass is 9.64. The maximum Gasteiger partial charge on any atom is 0.238 e. The molecule has 5 nitrogen and oxygen atoms in total. The van der Waals surface area contributed by atoms with Crippen molar-refractivity contribution in [1.82, 2.24) is 0 Å². The minimum atomic E-state index is -1.28. The second-order valence-electron chi connectivity index (χ2n) is 10.1. The second kappa shape index (κ2) is 8.36. The third-order valence-corrected chi connectivity index (χ3v) is 9.14. The summed E-state index contributed by atoms with van der Waals surface area (Å²) in [5.74, 6) is -1.53. The lowest BCUT2D eigenvalue weighted by Crippen LogP contribution is -2.51. The number of thiophene rings is 1. The molecule has 4 atom stereocenters. The maximum absolute atomic E-state index is 14.6. The molecular weight excluding hydrogens is 492 g/mol. The Morgan fingerprint density at radius 2 is 1.61 bits per heavy atom. The fraction of sp³-hybridized carbons (Fsp3) is 0.156. The molecule has 1 N–H and O–H groups in total. The van der Waals surface area contributed by atoms with Crippen molar-refractivity contribution in [3.05, 3.63) is 124 Å². The van der Waals surface area contributed by atoms with E-state index in [-0.39, 0.29) is 17.5 Å². The highest BCUT2D eigenvalue weighted by Gasteiger charge is 2.70. The Hall–Kier alpha value is -4.29. The highest BCUT2D eigenvalue weighted by Crippen LogP contribution is 2.58. The number of ketones is 2. The molecule has 4 aromatic rings. The van der Waals surface area contributed by atoms with E-state index >= 15 is 0 Å². The van der Waals surface area contributed by atoms with Gasteiger partial charge in [0.15, 0.2) is 11.6 Å². The van der Waals surface area contributed by atoms with Crippen LogP contribution in [0.15, 0.2) is 102 Å². The van der Waals surface area contributed by atoms with Crippen LogP contribution >= 0.6 is 11.3 Å². The van der Waals surface area contributed by atoms with Gasteiger partial charge in [-0.2, -0.15) is 0 Å². The van der Waals surface area contributed by atoms with Crippen LogP contribution in [0.25, 0.3) is 5.57 Å². The first kappa shape index (κ1) is 22.9. The van der Waals surface area contributed by atoms with Crippen molar-refractivity contribution in [1.29, 1.82) is 0 Å². The van der Waals surface area contributed by atoms with E-state index in [1.807, 2.05) is 85.1 Å². The van der Waals surface area contributed by atoms with Crippen LogP contribution in [0.4, 0.5) is 11.4 Å². The molecule has 0 aliphatic carbocycles. The van der Waals surface area contributed by atoms with Crippen LogP contribution in [0.2, 0.25) is 0 Å². The average molecular weight is 517 g/mol. The number of hydrogen-bond acceptors (Lipinski definition) is 5. The van der Waals surface area contributed by atoms with Gasteiger partial charge in [0.1, 0.15) is 11.5 Å². The van der Waals surface area contributed by atoms with Crippen molar-refractivity contribution in [2.75, 3.05) is 10.2 Å². The summed E-state index contributed by atoms with van der Waals surface area (Å²) in [6.07, 6.45) is 2.08. The largest absolute Gasteiger partial charge is 0.352 e. The molecule has 0 bridgehead atoms. The van der Waals surface area contributed by atoms with Crippen molar-refractivity contribution >= 4 is 45.8 Å². The van der Waals surface area contributed by atoms with Gasteiger partial charge in [-0.1, -0.05) is 78.9 Å². The molecular formula is C32H24N2O3S. The lowest BCUT2D eigenvalue weighted by molar-refractivity contribution is -0.121. The van der Waals surface area contributed by atoms with Crippen molar-refractivity contribution in [2.45, 2.75) is 24.4 Å². The monoisotopic (exact) mass is 516 g/mol. The van der Waals surface area contributed by atoms with Crippen LogP contribution in [-0.2, 0) is 10.2 Å². The van der Waals surface area contributed by atoms with Gasteiger partial charge in [0.2, 0.25) is 5.91 Å². The van der Waals surface area contributed by atoms with Gasteiger partial charge < -0.3 is 10.2 Å². The topological polar surface area (TPSA) is 66.5 Å². The number of para-hydroxylation sites is 2. The number of fused-ring (bicyclic) bond motifs is 6. The molecule has 38 heavy (non-hydrogen) atoms. The van der Waals surface area contributed by atoms with Gasteiger partial charge in [-0.15, -0.1) is 11.3 Å². The molecule has 0 unspecified atom stereocenters. The van der Waals surface area contributed by atoms with Gasteiger partial charge in [0, 0.05) is 22.5 Å². The Balaban J connectivity index is 1.57. The number of anilines is 2. The van der Waals surface area contributed by atoms with Gasteiger partial charge in [0.05, 0.1) is 16.8 Å². The predicted octanol–water partition coefficient (Wildman–Crippen LogP) is 5.99. The summed E-state index contributed by atoms with van der Waals surface area (Å²) in [7, 11) is 0. The number of carbonyl (C=O) groups excluding carboxylic acids is 3. The summed E-state index contributed by atoms with van der Waals surface area (Å²) in [6.45, 7) is 2.03. The third kappa shape index (κ3) is 2.95. The van der Waals surface area contributed by atoms with E-state index in [2.05, 4.69) is 16.3 Å². The number of amides is 1. The first-order valence-electron chi connectivity index (χ1n) is 12.7. The van der Waals surface area contributed by atoms with Gasteiger partial charge in [-0.05, 0) is 41.6 Å². The molecule has 186 valence electrons. The Morgan fingerprint density at radius 1 is 0.868 bits per heavy atom. The fourth-order valence-corrected chi connectivity index (χ4v) is 7.43.